The number of halogens is 1. The van der Waals surface area contributed by atoms with Crippen molar-refractivity contribution in [1.82, 2.24) is 4.72 Å². The van der Waals surface area contributed by atoms with Crippen molar-refractivity contribution in [2.45, 2.75) is 18.2 Å². The molecule has 0 radical (unpaired) electrons. The summed E-state index contributed by atoms with van der Waals surface area (Å²) in [6.45, 7) is 1.15. The van der Waals surface area contributed by atoms with Crippen LogP contribution in [0.25, 0.3) is 0 Å². The number of carbonyl (C=O) groups excluding carboxylic acids is 1. The van der Waals surface area contributed by atoms with Crippen molar-refractivity contribution in [3.63, 3.8) is 0 Å². The van der Waals surface area contributed by atoms with Crippen LogP contribution in [0.3, 0.4) is 0 Å². The van der Waals surface area contributed by atoms with Crippen LogP contribution in [0.5, 0.6) is 0 Å². The maximum absolute atomic E-state index is 11.9. The normalized spacial score (nSPS) is 11.1. The van der Waals surface area contributed by atoms with Crippen molar-refractivity contribution >= 4 is 43.5 Å². The Balaban J connectivity index is 2.88. The van der Waals surface area contributed by atoms with Gasteiger partial charge in [0.05, 0.1) is 17.0 Å². The van der Waals surface area contributed by atoms with Crippen LogP contribution in [0.1, 0.15) is 13.3 Å². The fraction of sp³-hybridized carbons (Fsp3) is 0.273. The summed E-state index contributed by atoms with van der Waals surface area (Å²) in [6.07, 6.45) is -0.301. The summed E-state index contributed by atoms with van der Waals surface area (Å²) in [5.74, 6) is -1.37. The highest BCUT2D eigenvalue weighted by molar-refractivity contribution is 9.10. The topological polar surface area (TPSA) is 113 Å². The van der Waals surface area contributed by atoms with Gasteiger partial charge in [0.2, 0.25) is 15.9 Å². The van der Waals surface area contributed by atoms with Crippen LogP contribution < -0.4 is 10.0 Å². The smallest absolute Gasteiger partial charge is 0.304 e. The van der Waals surface area contributed by atoms with Gasteiger partial charge in [0, 0.05) is 17.9 Å². The van der Waals surface area contributed by atoms with Crippen LogP contribution >= 0.6 is 15.9 Å². The second-order valence-electron chi connectivity index (χ2n) is 3.86. The zero-order chi connectivity index (χ0) is 15.3. The summed E-state index contributed by atoms with van der Waals surface area (Å²) in [5.41, 5.74) is 0.446. The number of aliphatic carboxylic acids is 1. The summed E-state index contributed by atoms with van der Waals surface area (Å²) in [4.78, 5) is 21.3. The molecule has 9 heteroatoms. The molecular formula is C11H13BrN2O5S. The SMILES string of the molecule is CC(=O)Nc1ccc(S(=O)(=O)NCCC(=O)O)cc1Br. The number of hydrogen-bond acceptors (Lipinski definition) is 4. The Hall–Kier alpha value is -1.45. The lowest BCUT2D eigenvalue weighted by molar-refractivity contribution is -0.136. The third-order valence-corrected chi connectivity index (χ3v) is 4.31. The van der Waals surface area contributed by atoms with Crippen LogP contribution in [0.2, 0.25) is 0 Å². The number of rotatable bonds is 6. The van der Waals surface area contributed by atoms with Gasteiger partial charge < -0.3 is 10.4 Å². The van der Waals surface area contributed by atoms with Gasteiger partial charge in [0.1, 0.15) is 0 Å². The molecule has 0 spiro atoms. The second kappa shape index (κ2) is 6.82. The van der Waals surface area contributed by atoms with E-state index >= 15 is 0 Å². The predicted octanol–water partition coefficient (Wildman–Crippen LogP) is 1.16. The number of hydrogen-bond donors (Lipinski definition) is 3. The fourth-order valence-corrected chi connectivity index (χ4v) is 3.02. The van der Waals surface area contributed by atoms with Gasteiger partial charge in [-0.05, 0) is 34.1 Å². The number of carboxylic acids is 1. The third-order valence-electron chi connectivity index (χ3n) is 2.19. The van der Waals surface area contributed by atoms with Gasteiger partial charge in [-0.3, -0.25) is 9.59 Å². The highest BCUT2D eigenvalue weighted by Gasteiger charge is 2.15. The number of nitrogens with one attached hydrogen (secondary N) is 2. The summed E-state index contributed by atoms with van der Waals surface area (Å²) in [6, 6.07) is 4.09. The van der Waals surface area contributed by atoms with Crippen molar-refractivity contribution in [2.75, 3.05) is 11.9 Å². The molecule has 0 aliphatic heterocycles. The number of anilines is 1. The molecule has 0 unspecified atom stereocenters. The zero-order valence-corrected chi connectivity index (χ0v) is 12.9. The highest BCUT2D eigenvalue weighted by atomic mass is 79.9. The maximum atomic E-state index is 11.9. The quantitative estimate of drug-likeness (QED) is 0.700. The summed E-state index contributed by atoms with van der Waals surface area (Å²) in [5, 5.41) is 11.0. The molecule has 0 aliphatic rings. The molecule has 0 atom stereocenters. The molecule has 0 saturated heterocycles. The molecule has 1 rings (SSSR count). The van der Waals surface area contributed by atoms with Gasteiger partial charge in [0.25, 0.3) is 0 Å². The van der Waals surface area contributed by atoms with E-state index in [0.29, 0.717) is 10.2 Å². The number of carbonyl (C=O) groups is 2. The van der Waals surface area contributed by atoms with Gasteiger partial charge in [-0.1, -0.05) is 0 Å². The molecule has 1 amide bonds. The first-order chi connectivity index (χ1) is 9.22. The first-order valence-electron chi connectivity index (χ1n) is 5.51. The molecule has 0 aliphatic carbocycles. The Morgan fingerprint density at radius 3 is 2.50 bits per heavy atom. The number of benzene rings is 1. The van der Waals surface area contributed by atoms with E-state index in [1.165, 1.54) is 25.1 Å². The zero-order valence-electron chi connectivity index (χ0n) is 10.5. The first kappa shape index (κ1) is 16.6. The fourth-order valence-electron chi connectivity index (χ4n) is 1.33. The predicted molar refractivity (Wildman–Crippen MR) is 75.9 cm³/mol. The molecule has 0 heterocycles. The van der Waals surface area contributed by atoms with Gasteiger partial charge >= 0.3 is 5.97 Å². The second-order valence-corrected chi connectivity index (χ2v) is 6.49. The Morgan fingerprint density at radius 2 is 2.00 bits per heavy atom. The van der Waals surface area contributed by atoms with E-state index in [1.807, 2.05) is 0 Å². The number of amides is 1. The summed E-state index contributed by atoms with van der Waals surface area (Å²) < 4.78 is 26.4. The summed E-state index contributed by atoms with van der Waals surface area (Å²) >= 11 is 3.16. The van der Waals surface area contributed by atoms with E-state index in [0.717, 1.165) is 0 Å². The van der Waals surface area contributed by atoms with Crippen LogP contribution in [0.4, 0.5) is 5.69 Å². The molecule has 0 aromatic heterocycles. The maximum Gasteiger partial charge on any atom is 0.304 e. The number of carboxylic acid groups (broad SMARTS) is 1. The third kappa shape index (κ3) is 4.91. The minimum absolute atomic E-state index is 0.0242. The lowest BCUT2D eigenvalue weighted by Gasteiger charge is -2.09. The Labute approximate surface area is 124 Å². The molecule has 110 valence electrons. The van der Waals surface area contributed by atoms with E-state index in [4.69, 9.17) is 5.11 Å². The molecule has 0 fully saturated rings. The van der Waals surface area contributed by atoms with Gasteiger partial charge in [0.15, 0.2) is 0 Å². The standard InChI is InChI=1S/C11H13BrN2O5S/c1-7(15)14-10-3-2-8(6-9(10)12)20(18,19)13-5-4-11(16)17/h2-3,6,13H,4-5H2,1H3,(H,14,15)(H,16,17). The Morgan fingerprint density at radius 1 is 1.35 bits per heavy atom. The minimum Gasteiger partial charge on any atom is -0.481 e. The van der Waals surface area contributed by atoms with Crippen molar-refractivity contribution in [3.8, 4) is 0 Å². The highest BCUT2D eigenvalue weighted by Crippen LogP contribution is 2.25. The van der Waals surface area contributed by atoms with Crippen LogP contribution in [-0.2, 0) is 19.6 Å². The van der Waals surface area contributed by atoms with Crippen molar-refractivity contribution in [3.05, 3.63) is 22.7 Å². The largest absolute Gasteiger partial charge is 0.481 e. The van der Waals surface area contributed by atoms with Crippen molar-refractivity contribution in [1.29, 1.82) is 0 Å². The van der Waals surface area contributed by atoms with Crippen LogP contribution in [0, 0.1) is 0 Å². The lowest BCUT2D eigenvalue weighted by atomic mass is 10.3. The molecule has 7 nitrogen and oxygen atoms in total. The first-order valence-corrected chi connectivity index (χ1v) is 7.78. The van der Waals surface area contributed by atoms with Gasteiger partial charge in [-0.25, -0.2) is 13.1 Å². The van der Waals surface area contributed by atoms with E-state index in [2.05, 4.69) is 26.0 Å². The average molecular weight is 365 g/mol. The summed E-state index contributed by atoms with van der Waals surface area (Å²) in [7, 11) is -3.78. The van der Waals surface area contributed by atoms with E-state index < -0.39 is 16.0 Å². The molecule has 20 heavy (non-hydrogen) atoms. The van der Waals surface area contributed by atoms with Gasteiger partial charge in [-0.15, -0.1) is 0 Å². The lowest BCUT2D eigenvalue weighted by Crippen LogP contribution is -2.26. The van der Waals surface area contributed by atoms with Crippen LogP contribution in [0.15, 0.2) is 27.6 Å². The van der Waals surface area contributed by atoms with E-state index in [1.54, 1.807) is 0 Å². The van der Waals surface area contributed by atoms with Crippen molar-refractivity contribution < 1.29 is 23.1 Å². The molecule has 0 bridgehead atoms. The Bertz CT molecular complexity index is 630. The van der Waals surface area contributed by atoms with Crippen LogP contribution in [-0.4, -0.2) is 31.9 Å². The monoisotopic (exact) mass is 364 g/mol. The molecule has 1 aromatic carbocycles. The number of sulfonamides is 1. The minimum atomic E-state index is -3.78. The van der Waals surface area contributed by atoms with Gasteiger partial charge in [-0.2, -0.15) is 0 Å². The Kier molecular flexibility index (Phi) is 5.66. The average Bonchev–Trinajstić information content (AvgIpc) is 2.30. The molecule has 3 N–H and O–H groups in total. The van der Waals surface area contributed by atoms with Crippen molar-refractivity contribution in [2.24, 2.45) is 0 Å². The molecule has 0 saturated carbocycles. The van der Waals surface area contributed by atoms with E-state index in [9.17, 15) is 18.0 Å². The molecule has 1 aromatic rings. The molecular weight excluding hydrogens is 352 g/mol. The van der Waals surface area contributed by atoms with E-state index in [-0.39, 0.29) is 23.8 Å².